The van der Waals surface area contributed by atoms with Gasteiger partial charge in [-0.1, -0.05) is 66.0 Å². The smallest absolute Gasteiger partial charge is 0.467 e. The summed E-state index contributed by atoms with van der Waals surface area (Å²) in [5.74, 6) is -0.712. The van der Waals surface area contributed by atoms with Crippen LogP contribution in [0.5, 0.6) is 0 Å². The lowest BCUT2D eigenvalue weighted by atomic mass is 9.32. The van der Waals surface area contributed by atoms with Crippen LogP contribution in [-0.4, -0.2) is 68.2 Å². The van der Waals surface area contributed by atoms with Crippen LogP contribution in [0.15, 0.2) is 12.2 Å². The highest BCUT2D eigenvalue weighted by Crippen LogP contribution is 2.77. The summed E-state index contributed by atoms with van der Waals surface area (Å²) in [5.41, 5.74) is 1.21. The molecule has 5 aliphatic rings. The molecule has 13 heteroatoms. The van der Waals surface area contributed by atoms with E-state index in [4.69, 9.17) is 9.47 Å². The van der Waals surface area contributed by atoms with E-state index in [1.807, 2.05) is 0 Å². The van der Waals surface area contributed by atoms with Crippen molar-refractivity contribution in [3.63, 3.8) is 0 Å². The summed E-state index contributed by atoms with van der Waals surface area (Å²) in [6, 6.07) is -0.910. The van der Waals surface area contributed by atoms with Gasteiger partial charge in [0.1, 0.15) is 12.1 Å². The Morgan fingerprint density at radius 1 is 0.742 bits per heavy atom. The molecule has 5 saturated carbocycles. The lowest BCUT2D eigenvalue weighted by Gasteiger charge is -2.72. The first-order valence-corrected chi connectivity index (χ1v) is 23.8. The molecular formula is C49H78F3N3O7. The van der Waals surface area contributed by atoms with Crippen molar-refractivity contribution in [2.45, 2.75) is 189 Å². The van der Waals surface area contributed by atoms with E-state index in [0.29, 0.717) is 43.1 Å². The fourth-order valence-corrected chi connectivity index (χ4v) is 14.7. The second kappa shape index (κ2) is 19.5. The highest BCUT2D eigenvalue weighted by Gasteiger charge is 2.72. The average molecular weight is 878 g/mol. The van der Waals surface area contributed by atoms with E-state index < -0.39 is 24.1 Å². The zero-order valence-corrected chi connectivity index (χ0v) is 39.1. The fraction of sp³-hybridized carbons (Fsp3) is 0.857. The predicted octanol–water partition coefficient (Wildman–Crippen LogP) is 9.54. The summed E-state index contributed by atoms with van der Waals surface area (Å²) < 4.78 is 47.9. The quantitative estimate of drug-likeness (QED) is 0.0708. The van der Waals surface area contributed by atoms with Gasteiger partial charge in [-0.3, -0.25) is 19.2 Å². The van der Waals surface area contributed by atoms with Crippen molar-refractivity contribution in [1.82, 2.24) is 16.0 Å². The summed E-state index contributed by atoms with van der Waals surface area (Å²) in [7, 11) is 1.21. The van der Waals surface area contributed by atoms with Crippen LogP contribution in [0, 0.1) is 56.7 Å². The minimum Gasteiger partial charge on any atom is -0.467 e. The zero-order valence-electron chi connectivity index (χ0n) is 39.1. The molecule has 5 rings (SSSR count). The van der Waals surface area contributed by atoms with E-state index in [1.165, 1.54) is 32.4 Å². The van der Waals surface area contributed by atoms with Gasteiger partial charge in [0.25, 0.3) is 0 Å². The SMILES string of the molecule is C=C(C)[C@@H]1CC[C@]2(C(=O)NCCCCCCCC(=O)N[C@@H](CCCCNC(=O)C(F)(F)F)C(=O)OC)CC[C@]3(C)[C@H](CC[C@@H]4[C@@]5(C)CC[C@H](OC(C)=O)C(C)(C)[C@@H]5CC[C@]43C)[C@@H]12. The summed E-state index contributed by atoms with van der Waals surface area (Å²) in [4.78, 5) is 62.5. The minimum absolute atomic E-state index is 0.0394. The van der Waals surface area contributed by atoms with E-state index in [9.17, 15) is 37.1 Å². The van der Waals surface area contributed by atoms with Crippen LogP contribution >= 0.6 is 0 Å². The average Bonchev–Trinajstić information content (AvgIpc) is 3.60. The number of esters is 2. The Morgan fingerprint density at radius 3 is 2.06 bits per heavy atom. The van der Waals surface area contributed by atoms with Crippen LogP contribution in [-0.2, 0) is 33.4 Å². The van der Waals surface area contributed by atoms with Crippen molar-refractivity contribution in [2.75, 3.05) is 20.2 Å². The lowest BCUT2D eigenvalue weighted by molar-refractivity contribution is -0.248. The van der Waals surface area contributed by atoms with E-state index in [2.05, 4.69) is 58.8 Å². The van der Waals surface area contributed by atoms with Gasteiger partial charge < -0.3 is 25.4 Å². The standard InChI is InChI=1S/C49H78F3N3O7/c1-31(2)33-21-26-48(42(59)53-29-15-12-10-11-13-18-39(57)55-35(41(58)61-9)17-14-16-30-54-43(60)49(50,51)52)28-27-46(7)34(40(33)48)19-20-37-45(6)24-23-38(62-32(3)56)44(4,5)36(45)22-25-47(37,46)8/h33-38,40H,1,10-30H2,2-9H3,(H,53,59)(H,54,60)(H,55,57)/t33-,34+,35-,36-,37+,38-,40+,45-,46+,47+,48-/m0/s1. The molecule has 5 fully saturated rings. The molecule has 3 amide bonds. The van der Waals surface area contributed by atoms with Crippen LogP contribution in [0.1, 0.15) is 170 Å². The van der Waals surface area contributed by atoms with Gasteiger partial charge in [-0.05, 0) is 149 Å². The Bertz CT molecular complexity index is 1670. The van der Waals surface area contributed by atoms with Crippen LogP contribution < -0.4 is 16.0 Å². The van der Waals surface area contributed by atoms with E-state index in [0.717, 1.165) is 77.0 Å². The highest BCUT2D eigenvalue weighted by molar-refractivity contribution is 5.85. The van der Waals surface area contributed by atoms with Crippen molar-refractivity contribution in [1.29, 1.82) is 0 Å². The molecule has 0 aromatic rings. The molecule has 10 nitrogen and oxygen atoms in total. The zero-order chi connectivity index (χ0) is 45.9. The number of allylic oxidation sites excluding steroid dienone is 1. The number of halogens is 3. The summed E-state index contributed by atoms with van der Waals surface area (Å²) in [5, 5.41) is 7.90. The lowest BCUT2D eigenvalue weighted by Crippen LogP contribution is -2.67. The van der Waals surface area contributed by atoms with Crippen LogP contribution in [0.2, 0.25) is 0 Å². The largest absolute Gasteiger partial charge is 0.471 e. The number of ether oxygens (including phenoxy) is 2. The van der Waals surface area contributed by atoms with Gasteiger partial charge in [0.05, 0.1) is 12.5 Å². The number of rotatable bonds is 18. The Hall–Kier alpha value is -3.12. The molecule has 352 valence electrons. The van der Waals surface area contributed by atoms with Crippen LogP contribution in [0.4, 0.5) is 13.2 Å². The number of nitrogens with one attached hydrogen (secondary N) is 3. The first kappa shape index (κ1) is 49.9. The Balaban J connectivity index is 1.10. The number of fused-ring (bicyclic) bond motifs is 7. The number of hydrogen-bond acceptors (Lipinski definition) is 7. The first-order chi connectivity index (χ1) is 29.0. The second-order valence-electron chi connectivity index (χ2n) is 21.5. The molecule has 62 heavy (non-hydrogen) atoms. The molecule has 0 heterocycles. The van der Waals surface area contributed by atoms with Gasteiger partial charge in [-0.2, -0.15) is 13.2 Å². The Kier molecular flexibility index (Phi) is 15.7. The van der Waals surface area contributed by atoms with E-state index in [-0.39, 0.29) is 82.7 Å². The van der Waals surface area contributed by atoms with E-state index in [1.54, 1.807) is 5.32 Å². The number of methoxy groups -OCH3 is 1. The normalized spacial score (nSPS) is 35.1. The van der Waals surface area contributed by atoms with Crippen LogP contribution in [0.25, 0.3) is 0 Å². The molecule has 3 N–H and O–H groups in total. The van der Waals surface area contributed by atoms with E-state index >= 15 is 0 Å². The number of hydrogen-bond donors (Lipinski definition) is 3. The molecule has 0 unspecified atom stereocenters. The molecule has 0 aliphatic heterocycles. The molecule has 0 radical (unpaired) electrons. The first-order valence-electron chi connectivity index (χ1n) is 23.8. The summed E-state index contributed by atoms with van der Waals surface area (Å²) >= 11 is 0. The van der Waals surface area contributed by atoms with Gasteiger partial charge in [0.15, 0.2) is 0 Å². The third-order valence-electron chi connectivity index (χ3n) is 17.9. The molecule has 0 aromatic heterocycles. The maximum atomic E-state index is 14.5. The highest BCUT2D eigenvalue weighted by atomic mass is 19.4. The molecule has 11 atom stereocenters. The van der Waals surface area contributed by atoms with Gasteiger partial charge in [0.2, 0.25) is 11.8 Å². The molecule has 0 bridgehead atoms. The molecular weight excluding hydrogens is 800 g/mol. The number of carbonyl (C=O) groups excluding carboxylic acids is 5. The number of unbranched alkanes of at least 4 members (excludes halogenated alkanes) is 5. The molecule has 0 spiro atoms. The number of amides is 3. The maximum Gasteiger partial charge on any atom is 0.471 e. The van der Waals surface area contributed by atoms with Gasteiger partial charge >= 0.3 is 24.0 Å². The summed E-state index contributed by atoms with van der Waals surface area (Å²) in [6.07, 6.45) is 10.6. The third kappa shape index (κ3) is 9.76. The van der Waals surface area contributed by atoms with Gasteiger partial charge in [-0.25, -0.2) is 4.79 Å². The fourth-order valence-electron chi connectivity index (χ4n) is 14.7. The number of carbonyl (C=O) groups is 5. The third-order valence-corrected chi connectivity index (χ3v) is 17.9. The van der Waals surface area contributed by atoms with Gasteiger partial charge in [-0.15, -0.1) is 0 Å². The second-order valence-corrected chi connectivity index (χ2v) is 21.5. The molecule has 0 saturated heterocycles. The molecule has 0 aromatic carbocycles. The van der Waals surface area contributed by atoms with Crippen molar-refractivity contribution in [3.8, 4) is 0 Å². The van der Waals surface area contributed by atoms with Crippen LogP contribution in [0.3, 0.4) is 0 Å². The van der Waals surface area contributed by atoms with Crippen molar-refractivity contribution < 1.29 is 46.6 Å². The molecule has 5 aliphatic carbocycles. The Labute approximate surface area is 369 Å². The van der Waals surface area contributed by atoms with Gasteiger partial charge in [0, 0.05) is 31.8 Å². The van der Waals surface area contributed by atoms with Crippen molar-refractivity contribution in [2.24, 2.45) is 56.7 Å². The minimum atomic E-state index is -4.95. The van der Waals surface area contributed by atoms with Crippen molar-refractivity contribution in [3.05, 3.63) is 12.2 Å². The summed E-state index contributed by atoms with van der Waals surface area (Å²) in [6.45, 7) is 21.1. The topological polar surface area (TPSA) is 140 Å². The Morgan fingerprint density at radius 2 is 1.40 bits per heavy atom. The monoisotopic (exact) mass is 878 g/mol. The number of alkyl halides is 3. The predicted molar refractivity (Wildman–Crippen MR) is 232 cm³/mol. The van der Waals surface area contributed by atoms with Crippen molar-refractivity contribution >= 4 is 29.7 Å². The maximum absolute atomic E-state index is 14.5.